The molecule has 0 unspecified atom stereocenters. The number of unbranched alkanes of at least 4 members (excludes halogenated alkanes) is 1. The summed E-state index contributed by atoms with van der Waals surface area (Å²) in [7, 11) is 1.77. The number of benzene rings is 1. The quantitative estimate of drug-likeness (QED) is 0.209. The van der Waals surface area contributed by atoms with Crippen molar-refractivity contribution in [1.82, 2.24) is 25.2 Å². The molecule has 156 valence electrons. The maximum absolute atomic E-state index is 5.60. The molecule has 0 fully saturated rings. The number of imidazole rings is 1. The third-order valence-corrected chi connectivity index (χ3v) is 4.55. The van der Waals surface area contributed by atoms with E-state index in [1.54, 1.807) is 13.3 Å². The highest BCUT2D eigenvalue weighted by molar-refractivity contribution is 14.0. The molecule has 0 amide bonds. The Bertz CT molecular complexity index is 900. The maximum atomic E-state index is 5.60. The smallest absolute Gasteiger partial charge is 0.226 e. The summed E-state index contributed by atoms with van der Waals surface area (Å²) in [6.45, 7) is 6.49. The van der Waals surface area contributed by atoms with Crippen molar-refractivity contribution >= 4 is 29.9 Å². The summed E-state index contributed by atoms with van der Waals surface area (Å²) in [6, 6.07) is 8.14. The van der Waals surface area contributed by atoms with E-state index in [2.05, 4.69) is 49.2 Å². The first-order valence-corrected chi connectivity index (χ1v) is 9.59. The number of hydrogen-bond acceptors (Lipinski definition) is 4. The topological polar surface area (TPSA) is 80.3 Å². The van der Waals surface area contributed by atoms with Gasteiger partial charge in [-0.2, -0.15) is 0 Å². The van der Waals surface area contributed by atoms with Gasteiger partial charge in [0.05, 0.1) is 12.2 Å². The van der Waals surface area contributed by atoms with E-state index >= 15 is 0 Å². The van der Waals surface area contributed by atoms with Gasteiger partial charge in [-0.3, -0.25) is 4.99 Å². The van der Waals surface area contributed by atoms with E-state index in [9.17, 15) is 0 Å². The molecule has 0 spiro atoms. The number of aliphatic imine (C=N–C) groups is 1. The van der Waals surface area contributed by atoms with Crippen LogP contribution >= 0.6 is 24.0 Å². The molecule has 0 aliphatic heterocycles. The molecule has 2 N–H and O–H groups in total. The maximum Gasteiger partial charge on any atom is 0.226 e. The fourth-order valence-electron chi connectivity index (χ4n) is 2.87. The lowest BCUT2D eigenvalue weighted by molar-refractivity contribution is 0.571. The van der Waals surface area contributed by atoms with Gasteiger partial charge in [-0.1, -0.05) is 17.7 Å². The second-order valence-electron chi connectivity index (χ2n) is 6.74. The first-order chi connectivity index (χ1) is 13.7. The fraction of sp³-hybridized carbons (Fsp3) is 0.381. The number of oxazole rings is 1. The molecule has 29 heavy (non-hydrogen) atoms. The Morgan fingerprint density at radius 3 is 2.62 bits per heavy atom. The fourth-order valence-corrected chi connectivity index (χ4v) is 2.87. The molecule has 0 atom stereocenters. The van der Waals surface area contributed by atoms with Gasteiger partial charge in [0.2, 0.25) is 5.89 Å². The molecule has 3 aromatic rings. The molecule has 2 heterocycles. The number of rotatable bonds is 8. The van der Waals surface area contributed by atoms with Crippen molar-refractivity contribution in [3.8, 4) is 11.5 Å². The van der Waals surface area contributed by atoms with Gasteiger partial charge in [0.1, 0.15) is 12.1 Å². The average molecular weight is 508 g/mol. The summed E-state index contributed by atoms with van der Waals surface area (Å²) in [6.07, 6.45) is 7.69. The molecule has 0 radical (unpaired) electrons. The summed E-state index contributed by atoms with van der Waals surface area (Å²) in [5.74, 6) is 2.45. The van der Waals surface area contributed by atoms with Crippen LogP contribution in [0.1, 0.15) is 29.9 Å². The highest BCUT2D eigenvalue weighted by atomic mass is 127. The zero-order valence-electron chi connectivity index (χ0n) is 17.2. The Labute approximate surface area is 189 Å². The number of aromatic nitrogens is 3. The molecule has 0 saturated carbocycles. The number of halogens is 1. The van der Waals surface area contributed by atoms with Crippen LogP contribution < -0.4 is 10.6 Å². The number of aryl methyl sites for hydroxylation is 3. The van der Waals surface area contributed by atoms with Gasteiger partial charge in [-0.25, -0.2) is 9.97 Å². The van der Waals surface area contributed by atoms with Gasteiger partial charge >= 0.3 is 0 Å². The van der Waals surface area contributed by atoms with Crippen molar-refractivity contribution in [2.24, 2.45) is 4.99 Å². The zero-order chi connectivity index (χ0) is 19.8. The summed E-state index contributed by atoms with van der Waals surface area (Å²) < 4.78 is 7.77. The van der Waals surface area contributed by atoms with E-state index in [1.165, 1.54) is 5.56 Å². The van der Waals surface area contributed by atoms with Crippen molar-refractivity contribution in [1.29, 1.82) is 0 Å². The molecular formula is C21H29IN6O. The Morgan fingerprint density at radius 2 is 1.93 bits per heavy atom. The molecule has 3 rings (SSSR count). The van der Waals surface area contributed by atoms with Crippen LogP contribution in [0.5, 0.6) is 0 Å². The highest BCUT2D eigenvalue weighted by Crippen LogP contribution is 2.18. The predicted molar refractivity (Wildman–Crippen MR) is 126 cm³/mol. The third kappa shape index (κ3) is 6.88. The number of nitrogens with one attached hydrogen (secondary N) is 2. The van der Waals surface area contributed by atoms with Gasteiger partial charge in [0.25, 0.3) is 0 Å². The minimum Gasteiger partial charge on any atom is -0.444 e. The van der Waals surface area contributed by atoms with Crippen molar-refractivity contribution < 1.29 is 4.42 Å². The van der Waals surface area contributed by atoms with Crippen molar-refractivity contribution in [2.75, 3.05) is 13.6 Å². The number of hydrogen-bond donors (Lipinski definition) is 2. The molecule has 0 saturated heterocycles. The van der Waals surface area contributed by atoms with Gasteiger partial charge in [0, 0.05) is 38.1 Å². The standard InChI is InChI=1S/C21H28N6O.HI/c1-16-6-8-18(9-7-16)20-26-19(15-28-20)14-25-21(22-3)24-10-4-5-12-27-13-11-23-17(27)2;/h6-9,11,13,15H,4-5,10,12,14H2,1-3H3,(H2,22,24,25);1H. The first kappa shape index (κ1) is 22.9. The van der Waals surface area contributed by atoms with E-state index in [1.807, 2.05) is 31.5 Å². The predicted octanol–water partition coefficient (Wildman–Crippen LogP) is 3.92. The lowest BCUT2D eigenvalue weighted by Crippen LogP contribution is -2.37. The van der Waals surface area contributed by atoms with Crippen molar-refractivity contribution in [3.05, 3.63) is 60.0 Å². The number of nitrogens with zero attached hydrogens (tertiary/aromatic N) is 4. The summed E-state index contributed by atoms with van der Waals surface area (Å²) >= 11 is 0. The second kappa shape index (κ2) is 11.6. The van der Waals surface area contributed by atoms with Crippen LogP contribution in [0.25, 0.3) is 11.5 Å². The molecule has 0 aliphatic rings. The largest absolute Gasteiger partial charge is 0.444 e. The lowest BCUT2D eigenvalue weighted by Gasteiger charge is -2.11. The Kier molecular flexibility index (Phi) is 9.17. The Hall–Kier alpha value is -2.36. The molecule has 0 aliphatic carbocycles. The van der Waals surface area contributed by atoms with Gasteiger partial charge in [-0.05, 0) is 38.8 Å². The minimum absolute atomic E-state index is 0. The monoisotopic (exact) mass is 508 g/mol. The highest BCUT2D eigenvalue weighted by Gasteiger charge is 2.07. The van der Waals surface area contributed by atoms with E-state index in [4.69, 9.17) is 4.42 Å². The average Bonchev–Trinajstić information content (AvgIpc) is 3.34. The normalized spacial score (nSPS) is 11.2. The number of guanidine groups is 1. The van der Waals surface area contributed by atoms with Crippen LogP contribution in [-0.2, 0) is 13.1 Å². The van der Waals surface area contributed by atoms with Gasteiger partial charge in [-0.15, -0.1) is 24.0 Å². The van der Waals surface area contributed by atoms with E-state index in [0.717, 1.165) is 49.0 Å². The zero-order valence-corrected chi connectivity index (χ0v) is 19.5. The van der Waals surface area contributed by atoms with E-state index in [-0.39, 0.29) is 24.0 Å². The molecule has 0 bridgehead atoms. The van der Waals surface area contributed by atoms with Crippen LogP contribution in [-0.4, -0.2) is 34.1 Å². The lowest BCUT2D eigenvalue weighted by atomic mass is 10.1. The van der Waals surface area contributed by atoms with Gasteiger partial charge < -0.3 is 19.6 Å². The SMILES string of the molecule is CN=C(NCCCCn1ccnc1C)NCc1coc(-c2ccc(C)cc2)n1.I. The summed E-state index contributed by atoms with van der Waals surface area (Å²) in [4.78, 5) is 13.0. The molecule has 1 aromatic carbocycles. The molecular weight excluding hydrogens is 479 g/mol. The molecule has 7 nitrogen and oxygen atoms in total. The van der Waals surface area contributed by atoms with E-state index < -0.39 is 0 Å². The summed E-state index contributed by atoms with van der Waals surface area (Å²) in [5, 5.41) is 6.61. The third-order valence-electron chi connectivity index (χ3n) is 4.55. The van der Waals surface area contributed by atoms with Crippen LogP contribution in [0.2, 0.25) is 0 Å². The molecule has 2 aromatic heterocycles. The van der Waals surface area contributed by atoms with Crippen molar-refractivity contribution in [2.45, 2.75) is 39.8 Å². The first-order valence-electron chi connectivity index (χ1n) is 9.59. The Morgan fingerprint density at radius 1 is 1.14 bits per heavy atom. The van der Waals surface area contributed by atoms with Gasteiger partial charge in [0.15, 0.2) is 5.96 Å². The minimum atomic E-state index is 0. The van der Waals surface area contributed by atoms with E-state index in [0.29, 0.717) is 12.4 Å². The van der Waals surface area contributed by atoms with Crippen LogP contribution in [0.15, 0.2) is 52.3 Å². The second-order valence-corrected chi connectivity index (χ2v) is 6.74. The van der Waals surface area contributed by atoms with Crippen molar-refractivity contribution in [3.63, 3.8) is 0 Å². The Balaban J connectivity index is 0.00000300. The van der Waals surface area contributed by atoms with Crippen LogP contribution in [0.4, 0.5) is 0 Å². The van der Waals surface area contributed by atoms with Crippen LogP contribution in [0, 0.1) is 13.8 Å². The molecule has 8 heteroatoms. The van der Waals surface area contributed by atoms with Crippen LogP contribution in [0.3, 0.4) is 0 Å². The summed E-state index contributed by atoms with van der Waals surface area (Å²) in [5.41, 5.74) is 3.04.